The number of hydrogen-bond donors (Lipinski definition) is 1. The normalized spacial score (nSPS) is 21.7. The second kappa shape index (κ2) is 9.05. The Labute approximate surface area is 224 Å². The molecule has 2 aromatic carbocycles. The summed E-state index contributed by atoms with van der Waals surface area (Å²) in [6.45, 7) is 1.66. The summed E-state index contributed by atoms with van der Waals surface area (Å²) in [6.07, 6.45) is -10.4. The van der Waals surface area contributed by atoms with E-state index >= 15 is 0 Å². The Balaban J connectivity index is 1.71. The van der Waals surface area contributed by atoms with E-state index in [1.54, 1.807) is 19.1 Å². The summed E-state index contributed by atoms with van der Waals surface area (Å²) >= 11 is 0. The number of benzene rings is 2. The number of nitrogens with zero attached hydrogens (tertiary/aromatic N) is 2. The number of amides is 1. The molecular formula is C26H22F7N3O3S. The number of carbonyl (C=O) groups is 1. The Morgan fingerprint density at radius 2 is 1.68 bits per heavy atom. The zero-order chi connectivity index (χ0) is 29.3. The molecule has 0 bridgehead atoms. The standard InChI is InChI=1S/C26H22F7N3O3S/c1-15-2-6-18(7-3-15)40(38,39)23-10-13-36(22(37)21-34-11-12-35-21)20(23)9-4-16-14-17(5-8-19(16)23)24(27,25(28,29)30)26(31,32)33/h2-3,5-8,11-12,14,20H,4,9-10,13H2,1H3,(H,34,35)/t20-,23-/m1/s1. The molecule has 1 amide bonds. The van der Waals surface area contributed by atoms with E-state index in [4.69, 9.17) is 0 Å². The van der Waals surface area contributed by atoms with Gasteiger partial charge < -0.3 is 9.88 Å². The zero-order valence-corrected chi connectivity index (χ0v) is 21.6. The molecule has 1 aliphatic heterocycles. The summed E-state index contributed by atoms with van der Waals surface area (Å²) in [4.78, 5) is 21.0. The molecular weight excluding hydrogens is 567 g/mol. The smallest absolute Gasteiger partial charge is 0.341 e. The third-order valence-corrected chi connectivity index (χ3v) is 10.4. The number of nitrogens with one attached hydrogen (secondary N) is 1. The summed E-state index contributed by atoms with van der Waals surface area (Å²) < 4.78 is 123. The number of aromatic amines is 1. The maximum absolute atomic E-state index is 14.9. The summed E-state index contributed by atoms with van der Waals surface area (Å²) in [6, 6.07) is 6.42. The lowest BCUT2D eigenvalue weighted by Crippen LogP contribution is -2.53. The van der Waals surface area contributed by atoms with Crippen LogP contribution in [0, 0.1) is 6.92 Å². The van der Waals surface area contributed by atoms with Crippen LogP contribution in [-0.4, -0.2) is 54.1 Å². The van der Waals surface area contributed by atoms with Crippen LogP contribution in [0.1, 0.15) is 45.7 Å². The van der Waals surface area contributed by atoms with Crippen LogP contribution in [0.25, 0.3) is 0 Å². The van der Waals surface area contributed by atoms with Gasteiger partial charge in [-0.3, -0.25) is 4.79 Å². The van der Waals surface area contributed by atoms with Gasteiger partial charge in [-0.2, -0.15) is 26.3 Å². The fourth-order valence-electron chi connectivity index (χ4n) is 5.92. The summed E-state index contributed by atoms with van der Waals surface area (Å²) in [7, 11) is -4.39. The minimum Gasteiger partial charge on any atom is -0.341 e. The van der Waals surface area contributed by atoms with Crippen molar-refractivity contribution in [1.29, 1.82) is 0 Å². The molecule has 214 valence electrons. The number of rotatable bonds is 4. The fraction of sp³-hybridized carbons (Fsp3) is 0.385. The van der Waals surface area contributed by atoms with Crippen molar-refractivity contribution < 1.29 is 43.9 Å². The highest BCUT2D eigenvalue weighted by atomic mass is 32.2. The maximum Gasteiger partial charge on any atom is 0.435 e. The minimum atomic E-state index is -6.32. The number of halogens is 7. The molecule has 14 heteroatoms. The molecule has 0 radical (unpaired) electrons. The van der Waals surface area contributed by atoms with Crippen LogP contribution in [0.15, 0.2) is 59.8 Å². The van der Waals surface area contributed by atoms with Gasteiger partial charge in [-0.25, -0.2) is 17.8 Å². The number of alkyl halides is 7. The molecule has 2 atom stereocenters. The lowest BCUT2D eigenvalue weighted by Gasteiger charge is -2.43. The van der Waals surface area contributed by atoms with Crippen LogP contribution in [0.5, 0.6) is 0 Å². The van der Waals surface area contributed by atoms with Gasteiger partial charge >= 0.3 is 18.0 Å². The van der Waals surface area contributed by atoms with Crippen LogP contribution >= 0.6 is 0 Å². The van der Waals surface area contributed by atoms with E-state index in [9.17, 15) is 43.9 Å². The number of hydrogen-bond acceptors (Lipinski definition) is 4. The van der Waals surface area contributed by atoms with Gasteiger partial charge in [0.25, 0.3) is 5.91 Å². The largest absolute Gasteiger partial charge is 0.435 e. The Hall–Kier alpha value is -3.42. The maximum atomic E-state index is 14.9. The van der Waals surface area contributed by atoms with Crippen LogP contribution in [0.4, 0.5) is 30.7 Å². The molecule has 2 heterocycles. The van der Waals surface area contributed by atoms with E-state index in [-0.39, 0.29) is 47.7 Å². The molecule has 1 saturated heterocycles. The molecule has 1 N–H and O–H groups in total. The minimum absolute atomic E-state index is 0.0535. The first kappa shape index (κ1) is 28.1. The average Bonchev–Trinajstić information content (AvgIpc) is 3.56. The number of H-pyrrole nitrogens is 1. The van der Waals surface area contributed by atoms with Crippen molar-refractivity contribution in [3.63, 3.8) is 0 Å². The molecule has 3 aromatic rings. The first-order valence-electron chi connectivity index (χ1n) is 12.1. The summed E-state index contributed by atoms with van der Waals surface area (Å²) in [5.74, 6) is -0.657. The van der Waals surface area contributed by atoms with Crippen molar-refractivity contribution in [3.8, 4) is 0 Å². The Morgan fingerprint density at radius 1 is 1.02 bits per heavy atom. The molecule has 0 spiro atoms. The van der Waals surface area contributed by atoms with Crippen molar-refractivity contribution in [2.45, 2.75) is 59.9 Å². The van der Waals surface area contributed by atoms with Crippen molar-refractivity contribution in [2.75, 3.05) is 6.54 Å². The predicted octanol–water partition coefficient (Wildman–Crippen LogP) is 5.54. The van der Waals surface area contributed by atoms with Crippen molar-refractivity contribution >= 4 is 15.7 Å². The van der Waals surface area contributed by atoms with E-state index in [2.05, 4.69) is 9.97 Å². The number of aryl methyl sites for hydroxylation is 2. The molecule has 1 aliphatic carbocycles. The molecule has 1 fully saturated rings. The molecule has 6 nitrogen and oxygen atoms in total. The van der Waals surface area contributed by atoms with Gasteiger partial charge in [-0.15, -0.1) is 0 Å². The van der Waals surface area contributed by atoms with E-state index in [1.165, 1.54) is 29.4 Å². The zero-order valence-electron chi connectivity index (χ0n) is 20.8. The third kappa shape index (κ3) is 3.85. The van der Waals surface area contributed by atoms with Gasteiger partial charge in [-0.05, 0) is 49.4 Å². The van der Waals surface area contributed by atoms with Crippen molar-refractivity contribution in [2.24, 2.45) is 0 Å². The van der Waals surface area contributed by atoms with Crippen LogP contribution < -0.4 is 0 Å². The first-order chi connectivity index (χ1) is 18.6. The second-order valence-electron chi connectivity index (χ2n) is 9.97. The molecule has 1 aromatic heterocycles. The van der Waals surface area contributed by atoms with Crippen LogP contribution in [0.3, 0.4) is 0 Å². The fourth-order valence-corrected chi connectivity index (χ4v) is 8.29. The van der Waals surface area contributed by atoms with E-state index in [1.807, 2.05) is 0 Å². The van der Waals surface area contributed by atoms with Gasteiger partial charge in [-0.1, -0.05) is 35.9 Å². The number of imidazole rings is 1. The SMILES string of the molecule is Cc1ccc(S(=O)(=O)[C@@]23CCN(C(=O)c4ncc[nH]4)[C@@H]2CCc2cc(C(F)(C(F)(F)F)C(F)(F)F)ccc23)cc1. The number of likely N-dealkylation sites (tertiary alicyclic amines) is 1. The molecule has 5 rings (SSSR count). The number of sulfone groups is 1. The molecule has 0 saturated carbocycles. The van der Waals surface area contributed by atoms with E-state index in [0.29, 0.717) is 12.1 Å². The van der Waals surface area contributed by atoms with Gasteiger partial charge in [0.15, 0.2) is 15.7 Å². The summed E-state index contributed by atoms with van der Waals surface area (Å²) in [5.41, 5.74) is -6.82. The molecule has 2 aliphatic rings. The van der Waals surface area contributed by atoms with Gasteiger partial charge in [0.1, 0.15) is 4.75 Å². The Kier molecular flexibility index (Phi) is 6.36. The first-order valence-corrected chi connectivity index (χ1v) is 13.6. The highest BCUT2D eigenvalue weighted by Crippen LogP contribution is 2.56. The Bertz CT molecular complexity index is 1540. The lowest BCUT2D eigenvalue weighted by atomic mass is 9.76. The monoisotopic (exact) mass is 589 g/mol. The predicted molar refractivity (Wildman–Crippen MR) is 128 cm³/mol. The second-order valence-corrected chi connectivity index (χ2v) is 12.2. The average molecular weight is 590 g/mol. The van der Waals surface area contributed by atoms with Gasteiger partial charge in [0.05, 0.1) is 10.9 Å². The highest BCUT2D eigenvalue weighted by molar-refractivity contribution is 7.92. The quantitative estimate of drug-likeness (QED) is 0.406. The van der Waals surface area contributed by atoms with E-state index < -0.39 is 50.1 Å². The molecule has 40 heavy (non-hydrogen) atoms. The van der Waals surface area contributed by atoms with Gasteiger partial charge in [0.2, 0.25) is 0 Å². The van der Waals surface area contributed by atoms with Crippen LogP contribution in [-0.2, 0) is 26.7 Å². The van der Waals surface area contributed by atoms with Crippen molar-refractivity contribution in [1.82, 2.24) is 14.9 Å². The van der Waals surface area contributed by atoms with Gasteiger partial charge in [0, 0.05) is 24.5 Å². The van der Waals surface area contributed by atoms with Crippen LogP contribution in [0.2, 0.25) is 0 Å². The molecule has 0 unspecified atom stereocenters. The van der Waals surface area contributed by atoms with E-state index in [0.717, 1.165) is 11.6 Å². The Morgan fingerprint density at radius 3 is 2.25 bits per heavy atom. The highest BCUT2D eigenvalue weighted by Gasteiger charge is 2.73. The van der Waals surface area contributed by atoms with Crippen molar-refractivity contribution in [3.05, 3.63) is 82.9 Å². The lowest BCUT2D eigenvalue weighted by molar-refractivity contribution is -0.348. The number of fused-ring (bicyclic) bond motifs is 3. The third-order valence-electron chi connectivity index (χ3n) is 7.84. The number of carbonyl (C=O) groups excluding carboxylic acids is 1. The topological polar surface area (TPSA) is 83.1 Å². The number of aromatic nitrogens is 2. The summed E-state index contributed by atoms with van der Waals surface area (Å²) in [5, 5.41) is 0.